The third kappa shape index (κ3) is 2.34. The number of rotatable bonds is 3. The molecule has 3 nitrogen and oxygen atoms in total. The van der Waals surface area contributed by atoms with Crippen LogP contribution in [0.4, 0.5) is 0 Å². The molecule has 1 atom stereocenters. The van der Waals surface area contributed by atoms with E-state index in [1.807, 2.05) is 43.3 Å². The lowest BCUT2D eigenvalue weighted by Crippen LogP contribution is -2.38. The van der Waals surface area contributed by atoms with Gasteiger partial charge in [-0.15, -0.1) is 0 Å². The number of aryl methyl sites for hydroxylation is 1. The topological polar surface area (TPSA) is 54.4 Å². The molecule has 108 valence electrons. The third-order valence-corrected chi connectivity index (χ3v) is 6.21. The lowest BCUT2D eigenvalue weighted by molar-refractivity contribution is 0.140. The highest BCUT2D eigenvalue weighted by Crippen LogP contribution is 2.37. The molecule has 0 saturated heterocycles. The lowest BCUT2D eigenvalue weighted by Gasteiger charge is -2.30. The van der Waals surface area contributed by atoms with E-state index in [2.05, 4.69) is 0 Å². The van der Waals surface area contributed by atoms with Crippen molar-refractivity contribution in [3.63, 3.8) is 0 Å². The second-order valence-corrected chi connectivity index (χ2v) is 8.39. The summed E-state index contributed by atoms with van der Waals surface area (Å²) in [7, 11) is -3.39. The standard InChI is InChI=1S/C16H20O3S/c1-11-9-10-12-7-5-6-8-13(12)14(11)15(17)16(2,3)20(4,18)19/h5-10,15,17H,1-4H3. The van der Waals surface area contributed by atoms with Crippen LogP contribution in [0.2, 0.25) is 0 Å². The smallest absolute Gasteiger partial charge is 0.155 e. The summed E-state index contributed by atoms with van der Waals surface area (Å²) < 4.78 is 22.7. The maximum absolute atomic E-state index is 12.0. The minimum absolute atomic E-state index is 0.693. The predicted octanol–water partition coefficient (Wildman–Crippen LogP) is 3.00. The van der Waals surface area contributed by atoms with Crippen LogP contribution in [0.3, 0.4) is 0 Å². The maximum atomic E-state index is 12.0. The van der Waals surface area contributed by atoms with E-state index in [1.165, 1.54) is 0 Å². The van der Waals surface area contributed by atoms with Crippen molar-refractivity contribution in [1.29, 1.82) is 0 Å². The monoisotopic (exact) mass is 292 g/mol. The van der Waals surface area contributed by atoms with Crippen LogP contribution in [-0.4, -0.2) is 24.5 Å². The van der Waals surface area contributed by atoms with Crippen LogP contribution in [0.1, 0.15) is 31.1 Å². The van der Waals surface area contributed by atoms with Gasteiger partial charge in [0, 0.05) is 6.26 Å². The Morgan fingerprint density at radius 1 is 1.10 bits per heavy atom. The summed E-state index contributed by atoms with van der Waals surface area (Å²) in [6.07, 6.45) is 0.0973. The normalized spacial score (nSPS) is 14.4. The molecule has 0 saturated carbocycles. The fraction of sp³-hybridized carbons (Fsp3) is 0.375. The van der Waals surface area contributed by atoms with Gasteiger partial charge in [0.25, 0.3) is 0 Å². The van der Waals surface area contributed by atoms with Crippen molar-refractivity contribution < 1.29 is 13.5 Å². The van der Waals surface area contributed by atoms with E-state index in [9.17, 15) is 13.5 Å². The summed E-state index contributed by atoms with van der Waals surface area (Å²) >= 11 is 0. The van der Waals surface area contributed by atoms with Crippen molar-refractivity contribution in [3.05, 3.63) is 47.5 Å². The van der Waals surface area contributed by atoms with Gasteiger partial charge in [-0.3, -0.25) is 0 Å². The maximum Gasteiger partial charge on any atom is 0.155 e. The van der Waals surface area contributed by atoms with Crippen LogP contribution in [-0.2, 0) is 9.84 Å². The Bertz CT molecular complexity index is 745. The number of aliphatic hydroxyl groups excluding tert-OH is 1. The molecule has 0 aromatic heterocycles. The second kappa shape index (κ2) is 4.86. The Kier molecular flexibility index (Phi) is 3.65. The number of hydrogen-bond donors (Lipinski definition) is 1. The molecule has 20 heavy (non-hydrogen) atoms. The van der Waals surface area contributed by atoms with Crippen molar-refractivity contribution >= 4 is 20.6 Å². The summed E-state index contributed by atoms with van der Waals surface area (Å²) in [4.78, 5) is 0. The molecule has 0 amide bonds. The van der Waals surface area contributed by atoms with E-state index in [0.717, 1.165) is 22.6 Å². The summed E-state index contributed by atoms with van der Waals surface area (Å²) in [6, 6.07) is 11.6. The number of hydrogen-bond acceptors (Lipinski definition) is 3. The van der Waals surface area contributed by atoms with Gasteiger partial charge in [0.2, 0.25) is 0 Å². The van der Waals surface area contributed by atoms with E-state index in [1.54, 1.807) is 13.8 Å². The average molecular weight is 292 g/mol. The van der Waals surface area contributed by atoms with Crippen molar-refractivity contribution in [2.24, 2.45) is 0 Å². The minimum Gasteiger partial charge on any atom is -0.387 e. The molecule has 0 spiro atoms. The van der Waals surface area contributed by atoms with Gasteiger partial charge >= 0.3 is 0 Å². The average Bonchev–Trinajstić information content (AvgIpc) is 2.36. The van der Waals surface area contributed by atoms with Crippen LogP contribution in [0, 0.1) is 6.92 Å². The van der Waals surface area contributed by atoms with E-state index in [-0.39, 0.29) is 0 Å². The van der Waals surface area contributed by atoms with Gasteiger partial charge in [-0.05, 0) is 42.7 Å². The van der Waals surface area contributed by atoms with Crippen molar-refractivity contribution in [2.75, 3.05) is 6.26 Å². The molecule has 1 unspecified atom stereocenters. The van der Waals surface area contributed by atoms with E-state index in [0.29, 0.717) is 5.56 Å². The summed E-state index contributed by atoms with van der Waals surface area (Å²) in [5, 5.41) is 12.6. The molecular weight excluding hydrogens is 272 g/mol. The van der Waals surface area contributed by atoms with E-state index < -0.39 is 20.7 Å². The lowest BCUT2D eigenvalue weighted by atomic mass is 9.90. The van der Waals surface area contributed by atoms with E-state index in [4.69, 9.17) is 0 Å². The van der Waals surface area contributed by atoms with Gasteiger partial charge in [0.15, 0.2) is 9.84 Å². The molecule has 2 aromatic carbocycles. The summed E-state index contributed by atoms with van der Waals surface area (Å²) in [5.41, 5.74) is 1.59. The highest BCUT2D eigenvalue weighted by molar-refractivity contribution is 7.92. The van der Waals surface area contributed by atoms with Gasteiger partial charge in [-0.25, -0.2) is 8.42 Å². The van der Waals surface area contributed by atoms with Gasteiger partial charge in [-0.1, -0.05) is 36.4 Å². The largest absolute Gasteiger partial charge is 0.387 e. The van der Waals surface area contributed by atoms with Crippen molar-refractivity contribution in [1.82, 2.24) is 0 Å². The molecule has 0 fully saturated rings. The van der Waals surface area contributed by atoms with Gasteiger partial charge < -0.3 is 5.11 Å². The van der Waals surface area contributed by atoms with Crippen LogP contribution < -0.4 is 0 Å². The van der Waals surface area contributed by atoms with Gasteiger partial charge in [-0.2, -0.15) is 0 Å². The zero-order valence-corrected chi connectivity index (χ0v) is 13.0. The zero-order chi connectivity index (χ0) is 15.1. The predicted molar refractivity (Wildman–Crippen MR) is 82.6 cm³/mol. The molecule has 4 heteroatoms. The Hall–Kier alpha value is -1.39. The fourth-order valence-electron chi connectivity index (χ4n) is 2.32. The third-order valence-electron chi connectivity index (χ3n) is 4.08. The van der Waals surface area contributed by atoms with Crippen molar-refractivity contribution in [2.45, 2.75) is 31.6 Å². The Morgan fingerprint density at radius 3 is 2.30 bits per heavy atom. The summed E-state index contributed by atoms with van der Waals surface area (Å²) in [5.74, 6) is 0. The quantitative estimate of drug-likeness (QED) is 0.946. The van der Waals surface area contributed by atoms with Crippen LogP contribution in [0.5, 0.6) is 0 Å². The second-order valence-electron chi connectivity index (χ2n) is 5.80. The first kappa shape index (κ1) is 15.0. The minimum atomic E-state index is -3.39. The SMILES string of the molecule is Cc1ccc2ccccc2c1C(O)C(C)(C)S(C)(=O)=O. The summed E-state index contributed by atoms with van der Waals surface area (Å²) in [6.45, 7) is 5.02. The van der Waals surface area contributed by atoms with Crippen LogP contribution in [0.25, 0.3) is 10.8 Å². The molecule has 2 aromatic rings. The Morgan fingerprint density at radius 2 is 1.70 bits per heavy atom. The molecule has 0 aliphatic heterocycles. The first-order chi connectivity index (χ1) is 9.16. The molecule has 0 aliphatic carbocycles. The number of fused-ring (bicyclic) bond motifs is 1. The first-order valence-corrected chi connectivity index (χ1v) is 8.41. The molecule has 0 aliphatic rings. The number of sulfone groups is 1. The van der Waals surface area contributed by atoms with Gasteiger partial charge in [0.1, 0.15) is 0 Å². The van der Waals surface area contributed by atoms with Crippen LogP contribution in [0.15, 0.2) is 36.4 Å². The van der Waals surface area contributed by atoms with Gasteiger partial charge in [0.05, 0.1) is 10.9 Å². The molecular formula is C16H20O3S. The Balaban J connectivity index is 2.73. The molecule has 0 bridgehead atoms. The van der Waals surface area contributed by atoms with E-state index >= 15 is 0 Å². The molecule has 1 N–H and O–H groups in total. The Labute approximate surface area is 120 Å². The number of aliphatic hydroxyl groups is 1. The first-order valence-electron chi connectivity index (χ1n) is 6.52. The van der Waals surface area contributed by atoms with Crippen molar-refractivity contribution in [3.8, 4) is 0 Å². The molecule has 2 rings (SSSR count). The molecule has 0 radical (unpaired) electrons. The fourth-order valence-corrected chi connectivity index (χ4v) is 2.84. The molecule has 0 heterocycles. The highest BCUT2D eigenvalue weighted by Gasteiger charge is 2.40. The number of benzene rings is 2. The van der Waals surface area contributed by atoms with Crippen LogP contribution >= 0.6 is 0 Å². The zero-order valence-electron chi connectivity index (χ0n) is 12.2. The highest BCUT2D eigenvalue weighted by atomic mass is 32.2.